The summed E-state index contributed by atoms with van der Waals surface area (Å²) >= 11 is 0. The van der Waals surface area contributed by atoms with Gasteiger partial charge < -0.3 is 10.8 Å². The molecule has 0 unspecified atom stereocenters. The van der Waals surface area contributed by atoms with Crippen molar-refractivity contribution >= 4 is 5.97 Å². The van der Waals surface area contributed by atoms with Crippen molar-refractivity contribution < 1.29 is 9.90 Å². The number of carbonyl (C=O) groups is 1. The van der Waals surface area contributed by atoms with Crippen molar-refractivity contribution in [2.45, 2.75) is 6.54 Å². The Labute approximate surface area is 90.5 Å². The smallest absolute Gasteiger partial charge is 0.337 e. The lowest BCUT2D eigenvalue weighted by molar-refractivity contribution is 0.0696. The number of aromatic carboxylic acids is 1. The summed E-state index contributed by atoms with van der Waals surface area (Å²) in [6, 6.07) is 4.80. The van der Waals surface area contributed by atoms with E-state index in [4.69, 9.17) is 10.8 Å². The minimum atomic E-state index is -1.03. The van der Waals surface area contributed by atoms with E-state index in [9.17, 15) is 4.79 Å². The molecule has 0 aliphatic heterocycles. The molecule has 0 saturated carbocycles. The summed E-state index contributed by atoms with van der Waals surface area (Å²) in [5.74, 6) is -1.03. The Balaban J connectivity index is 2.59. The second-order valence-electron chi connectivity index (χ2n) is 3.12. The molecule has 0 amide bonds. The Morgan fingerprint density at radius 1 is 1.50 bits per heavy atom. The molecule has 0 aliphatic rings. The van der Waals surface area contributed by atoms with Crippen LogP contribution in [0.4, 0.5) is 0 Å². The van der Waals surface area contributed by atoms with Gasteiger partial charge in [-0.3, -0.25) is 0 Å². The third kappa shape index (κ3) is 1.75. The van der Waals surface area contributed by atoms with Gasteiger partial charge in [-0.25, -0.2) is 4.79 Å². The number of tetrazole rings is 1. The Morgan fingerprint density at radius 2 is 2.31 bits per heavy atom. The van der Waals surface area contributed by atoms with E-state index in [-0.39, 0.29) is 5.56 Å². The zero-order valence-corrected chi connectivity index (χ0v) is 8.24. The Bertz CT molecular complexity index is 509. The maximum Gasteiger partial charge on any atom is 0.337 e. The molecule has 0 fully saturated rings. The molecule has 0 aliphatic carbocycles. The fraction of sp³-hybridized carbons (Fsp3) is 0.111. The molecule has 0 atom stereocenters. The molecule has 1 aromatic heterocycles. The van der Waals surface area contributed by atoms with E-state index >= 15 is 0 Å². The fourth-order valence-corrected chi connectivity index (χ4v) is 1.35. The average Bonchev–Trinajstić information content (AvgIpc) is 2.81. The molecule has 2 aromatic rings. The van der Waals surface area contributed by atoms with Crippen LogP contribution in [0.1, 0.15) is 15.9 Å². The summed E-state index contributed by atoms with van der Waals surface area (Å²) in [5.41, 5.74) is 6.84. The number of benzene rings is 1. The molecule has 82 valence electrons. The largest absolute Gasteiger partial charge is 0.478 e. The Hall–Kier alpha value is -2.28. The van der Waals surface area contributed by atoms with Gasteiger partial charge in [0.1, 0.15) is 6.33 Å². The van der Waals surface area contributed by atoms with E-state index in [1.807, 2.05) is 0 Å². The topological polar surface area (TPSA) is 107 Å². The predicted molar refractivity (Wildman–Crippen MR) is 54.0 cm³/mol. The van der Waals surface area contributed by atoms with E-state index in [0.29, 0.717) is 12.2 Å². The van der Waals surface area contributed by atoms with Crippen LogP contribution in [0, 0.1) is 0 Å². The first-order valence-electron chi connectivity index (χ1n) is 4.52. The number of hydrogen-bond donors (Lipinski definition) is 2. The third-order valence-corrected chi connectivity index (χ3v) is 2.12. The van der Waals surface area contributed by atoms with Gasteiger partial charge >= 0.3 is 5.97 Å². The zero-order valence-electron chi connectivity index (χ0n) is 8.24. The van der Waals surface area contributed by atoms with Gasteiger partial charge in [0.05, 0.1) is 11.3 Å². The van der Waals surface area contributed by atoms with Gasteiger partial charge in [0.15, 0.2) is 0 Å². The van der Waals surface area contributed by atoms with E-state index < -0.39 is 5.97 Å². The van der Waals surface area contributed by atoms with Crippen molar-refractivity contribution in [1.29, 1.82) is 0 Å². The molecule has 7 heteroatoms. The molecule has 2 rings (SSSR count). The monoisotopic (exact) mass is 219 g/mol. The van der Waals surface area contributed by atoms with Crippen LogP contribution in [0.3, 0.4) is 0 Å². The molecule has 1 aromatic carbocycles. The number of nitrogens with two attached hydrogens (primary N) is 1. The molecule has 0 bridgehead atoms. The first kappa shape index (κ1) is 10.2. The van der Waals surface area contributed by atoms with Gasteiger partial charge in [-0.05, 0) is 28.1 Å². The lowest BCUT2D eigenvalue weighted by atomic mass is 10.1. The number of hydrogen-bond acceptors (Lipinski definition) is 5. The van der Waals surface area contributed by atoms with Crippen molar-refractivity contribution in [3.63, 3.8) is 0 Å². The highest BCUT2D eigenvalue weighted by Gasteiger charge is 2.12. The first-order valence-corrected chi connectivity index (χ1v) is 4.52. The van der Waals surface area contributed by atoms with Crippen molar-refractivity contribution in [3.05, 3.63) is 35.7 Å². The highest BCUT2D eigenvalue weighted by molar-refractivity contribution is 5.92. The summed E-state index contributed by atoms with van der Waals surface area (Å²) in [7, 11) is 0. The van der Waals surface area contributed by atoms with Gasteiger partial charge in [-0.15, -0.1) is 5.10 Å². The number of nitrogens with zero attached hydrogens (tertiary/aromatic N) is 4. The zero-order chi connectivity index (χ0) is 11.5. The maximum absolute atomic E-state index is 11.0. The van der Waals surface area contributed by atoms with Crippen molar-refractivity contribution in [2.75, 3.05) is 0 Å². The van der Waals surface area contributed by atoms with Crippen molar-refractivity contribution in [3.8, 4) is 5.69 Å². The van der Waals surface area contributed by atoms with E-state index in [1.54, 1.807) is 12.1 Å². The molecular formula is C9H9N5O2. The van der Waals surface area contributed by atoms with Crippen LogP contribution >= 0.6 is 0 Å². The number of aromatic nitrogens is 4. The van der Waals surface area contributed by atoms with Crippen LogP contribution in [0.15, 0.2) is 24.5 Å². The van der Waals surface area contributed by atoms with Gasteiger partial charge in [0.2, 0.25) is 0 Å². The molecule has 0 radical (unpaired) electrons. The summed E-state index contributed by atoms with van der Waals surface area (Å²) < 4.78 is 1.29. The van der Waals surface area contributed by atoms with E-state index in [1.165, 1.54) is 17.1 Å². The van der Waals surface area contributed by atoms with Crippen LogP contribution in [0.2, 0.25) is 0 Å². The van der Waals surface area contributed by atoms with Crippen LogP contribution in [0.25, 0.3) is 5.69 Å². The number of carboxylic acids is 1. The lowest BCUT2D eigenvalue weighted by Gasteiger charge is -2.06. The second-order valence-corrected chi connectivity index (χ2v) is 3.12. The van der Waals surface area contributed by atoms with E-state index in [0.717, 1.165) is 5.56 Å². The average molecular weight is 219 g/mol. The molecule has 3 N–H and O–H groups in total. The predicted octanol–water partition coefficient (Wildman–Crippen LogP) is -0.181. The van der Waals surface area contributed by atoms with E-state index in [2.05, 4.69) is 15.5 Å². The van der Waals surface area contributed by atoms with Crippen LogP contribution in [0.5, 0.6) is 0 Å². The molecule has 16 heavy (non-hydrogen) atoms. The first-order chi connectivity index (χ1) is 7.72. The van der Waals surface area contributed by atoms with Gasteiger partial charge in [0, 0.05) is 6.54 Å². The summed E-state index contributed by atoms with van der Waals surface area (Å²) in [4.78, 5) is 11.0. The number of rotatable bonds is 3. The summed E-state index contributed by atoms with van der Waals surface area (Å²) in [5, 5.41) is 19.6. The maximum atomic E-state index is 11.0. The van der Waals surface area contributed by atoms with Crippen LogP contribution in [-0.2, 0) is 6.54 Å². The SMILES string of the molecule is NCc1ccc(C(=O)O)c(-n2cnnn2)c1. The Kier molecular flexibility index (Phi) is 2.61. The summed E-state index contributed by atoms with van der Waals surface area (Å²) in [6.07, 6.45) is 1.34. The molecular weight excluding hydrogens is 210 g/mol. The molecule has 0 saturated heterocycles. The number of carboxylic acid groups (broad SMARTS) is 1. The minimum Gasteiger partial charge on any atom is -0.478 e. The van der Waals surface area contributed by atoms with Gasteiger partial charge in [-0.1, -0.05) is 6.07 Å². The molecule has 0 spiro atoms. The third-order valence-electron chi connectivity index (χ3n) is 2.12. The normalized spacial score (nSPS) is 10.3. The summed E-state index contributed by atoms with van der Waals surface area (Å²) in [6.45, 7) is 0.328. The van der Waals surface area contributed by atoms with Crippen LogP contribution < -0.4 is 5.73 Å². The molecule has 1 heterocycles. The van der Waals surface area contributed by atoms with Crippen molar-refractivity contribution in [2.24, 2.45) is 5.73 Å². The fourth-order valence-electron chi connectivity index (χ4n) is 1.35. The second kappa shape index (κ2) is 4.07. The van der Waals surface area contributed by atoms with Crippen LogP contribution in [-0.4, -0.2) is 31.3 Å². The van der Waals surface area contributed by atoms with Gasteiger partial charge in [0.25, 0.3) is 0 Å². The highest BCUT2D eigenvalue weighted by atomic mass is 16.4. The standard InChI is InChI=1S/C9H9N5O2/c10-4-6-1-2-7(9(15)16)8(3-6)14-5-11-12-13-14/h1-3,5H,4,10H2,(H,15,16). The Morgan fingerprint density at radius 3 is 2.88 bits per heavy atom. The van der Waals surface area contributed by atoms with Gasteiger partial charge in [-0.2, -0.15) is 4.68 Å². The lowest BCUT2D eigenvalue weighted by Crippen LogP contribution is -2.08. The quantitative estimate of drug-likeness (QED) is 0.741. The molecule has 7 nitrogen and oxygen atoms in total. The van der Waals surface area contributed by atoms with Crippen molar-refractivity contribution in [1.82, 2.24) is 20.2 Å². The highest BCUT2D eigenvalue weighted by Crippen LogP contribution is 2.15. The minimum absolute atomic E-state index is 0.129.